The summed E-state index contributed by atoms with van der Waals surface area (Å²) < 4.78 is 12.7. The largest absolute Gasteiger partial charge is 0.330 e. The maximum Gasteiger partial charge on any atom is 0.238 e. The first-order chi connectivity index (χ1) is 9.17. The summed E-state index contributed by atoms with van der Waals surface area (Å²) in [4.78, 5) is 14.0. The molecule has 19 heavy (non-hydrogen) atoms. The molecule has 3 N–H and O–H groups in total. The van der Waals surface area contributed by atoms with Crippen LogP contribution in [0, 0.1) is 11.7 Å². The van der Waals surface area contributed by atoms with Gasteiger partial charge in [-0.05, 0) is 56.1 Å². The zero-order chi connectivity index (χ0) is 13.7. The smallest absolute Gasteiger partial charge is 0.238 e. The van der Waals surface area contributed by atoms with Gasteiger partial charge < -0.3 is 11.1 Å². The summed E-state index contributed by atoms with van der Waals surface area (Å²) in [5.41, 5.74) is 6.30. The Hall–Kier alpha value is -1.46. The highest BCUT2D eigenvalue weighted by Crippen LogP contribution is 2.15. The highest BCUT2D eigenvalue weighted by atomic mass is 19.1. The predicted octanol–water partition coefficient (Wildman–Crippen LogP) is 1.43. The predicted molar refractivity (Wildman–Crippen MR) is 73.2 cm³/mol. The maximum absolute atomic E-state index is 12.7. The fourth-order valence-electron chi connectivity index (χ4n) is 2.42. The third-order valence-corrected chi connectivity index (χ3v) is 3.43. The Labute approximate surface area is 112 Å². The van der Waals surface area contributed by atoms with Gasteiger partial charge in [0.2, 0.25) is 5.91 Å². The number of halogens is 1. The molecule has 1 heterocycles. The summed E-state index contributed by atoms with van der Waals surface area (Å²) in [5, 5.41) is 2.77. The second kappa shape index (κ2) is 6.63. The van der Waals surface area contributed by atoms with Crippen molar-refractivity contribution in [3.05, 3.63) is 30.1 Å². The van der Waals surface area contributed by atoms with Gasteiger partial charge in [0.05, 0.1) is 6.54 Å². The number of anilines is 1. The summed E-state index contributed by atoms with van der Waals surface area (Å²) in [6.45, 7) is 2.87. The molecular weight excluding hydrogens is 245 g/mol. The van der Waals surface area contributed by atoms with E-state index in [1.165, 1.54) is 12.1 Å². The first-order valence-corrected chi connectivity index (χ1v) is 6.65. The maximum atomic E-state index is 12.7. The van der Waals surface area contributed by atoms with Crippen LogP contribution in [0.25, 0.3) is 0 Å². The van der Waals surface area contributed by atoms with Gasteiger partial charge in [-0.25, -0.2) is 4.39 Å². The summed E-state index contributed by atoms with van der Waals surface area (Å²) in [6, 6.07) is 5.79. The number of nitrogens with one attached hydrogen (secondary N) is 1. The molecule has 1 atom stereocenters. The van der Waals surface area contributed by atoms with E-state index >= 15 is 0 Å². The molecule has 2 rings (SSSR count). The van der Waals surface area contributed by atoms with Crippen LogP contribution >= 0.6 is 0 Å². The van der Waals surface area contributed by atoms with Crippen LogP contribution < -0.4 is 11.1 Å². The molecule has 1 aromatic carbocycles. The Bertz CT molecular complexity index is 421. The Morgan fingerprint density at radius 2 is 2.16 bits per heavy atom. The molecule has 1 aliphatic heterocycles. The first-order valence-electron chi connectivity index (χ1n) is 6.65. The quantitative estimate of drug-likeness (QED) is 0.866. The van der Waals surface area contributed by atoms with Crippen molar-refractivity contribution in [2.75, 3.05) is 31.5 Å². The van der Waals surface area contributed by atoms with Gasteiger partial charge in [-0.2, -0.15) is 0 Å². The number of hydrogen-bond acceptors (Lipinski definition) is 3. The molecule has 4 nitrogen and oxygen atoms in total. The van der Waals surface area contributed by atoms with Gasteiger partial charge in [-0.1, -0.05) is 0 Å². The first kappa shape index (κ1) is 14.0. The van der Waals surface area contributed by atoms with E-state index in [9.17, 15) is 9.18 Å². The number of benzene rings is 1. The van der Waals surface area contributed by atoms with Gasteiger partial charge in [0.1, 0.15) is 5.82 Å². The van der Waals surface area contributed by atoms with E-state index in [2.05, 4.69) is 10.2 Å². The van der Waals surface area contributed by atoms with Crippen LogP contribution in [0.5, 0.6) is 0 Å². The number of amides is 1. The van der Waals surface area contributed by atoms with Gasteiger partial charge in [-0.3, -0.25) is 9.69 Å². The van der Waals surface area contributed by atoms with Crippen LogP contribution in [0.1, 0.15) is 12.8 Å². The number of hydrogen-bond donors (Lipinski definition) is 2. The molecule has 0 aliphatic carbocycles. The Balaban J connectivity index is 1.82. The Morgan fingerprint density at radius 1 is 1.42 bits per heavy atom. The van der Waals surface area contributed by atoms with Crippen molar-refractivity contribution in [3.8, 4) is 0 Å². The van der Waals surface area contributed by atoms with Crippen molar-refractivity contribution in [3.63, 3.8) is 0 Å². The van der Waals surface area contributed by atoms with Crippen molar-refractivity contribution in [2.24, 2.45) is 11.7 Å². The average Bonchev–Trinajstić information content (AvgIpc) is 2.41. The molecule has 0 aromatic heterocycles. The summed E-state index contributed by atoms with van der Waals surface area (Å²) in [7, 11) is 0. The van der Waals surface area contributed by atoms with Gasteiger partial charge >= 0.3 is 0 Å². The topological polar surface area (TPSA) is 58.4 Å². The van der Waals surface area contributed by atoms with E-state index in [0.29, 0.717) is 24.7 Å². The fraction of sp³-hybridized carbons (Fsp3) is 0.500. The number of nitrogens with zero attached hydrogens (tertiary/aromatic N) is 1. The van der Waals surface area contributed by atoms with E-state index in [4.69, 9.17) is 5.73 Å². The molecule has 1 aromatic rings. The third-order valence-electron chi connectivity index (χ3n) is 3.43. The highest BCUT2D eigenvalue weighted by molar-refractivity contribution is 5.92. The van der Waals surface area contributed by atoms with Crippen LogP contribution in [-0.4, -0.2) is 37.0 Å². The number of piperidine rings is 1. The normalized spacial score (nSPS) is 20.2. The highest BCUT2D eigenvalue weighted by Gasteiger charge is 2.20. The van der Waals surface area contributed by atoms with E-state index in [1.807, 2.05) is 0 Å². The lowest BCUT2D eigenvalue weighted by atomic mass is 9.98. The molecule has 0 bridgehead atoms. The summed E-state index contributed by atoms with van der Waals surface area (Å²) in [5.74, 6) is 0.122. The molecule has 5 heteroatoms. The van der Waals surface area contributed by atoms with E-state index in [0.717, 1.165) is 25.9 Å². The molecule has 1 aliphatic rings. The molecular formula is C14H20FN3O. The van der Waals surface area contributed by atoms with Crippen LogP contribution in [0.15, 0.2) is 24.3 Å². The lowest BCUT2D eigenvalue weighted by Gasteiger charge is -2.31. The van der Waals surface area contributed by atoms with Gasteiger partial charge in [0.25, 0.3) is 0 Å². The standard InChI is InChI=1S/C14H20FN3O/c15-12-3-5-13(6-4-12)17-14(19)10-18-7-1-2-11(8-16)9-18/h3-6,11H,1-2,7-10,16H2,(H,17,19). The number of carbonyl (C=O) groups excluding carboxylic acids is 1. The second-order valence-corrected chi connectivity index (χ2v) is 5.03. The van der Waals surface area contributed by atoms with Crippen LogP contribution in [0.2, 0.25) is 0 Å². The minimum Gasteiger partial charge on any atom is -0.330 e. The zero-order valence-corrected chi connectivity index (χ0v) is 10.9. The number of nitrogens with two attached hydrogens (primary N) is 1. The van der Waals surface area contributed by atoms with E-state index < -0.39 is 0 Å². The second-order valence-electron chi connectivity index (χ2n) is 5.03. The van der Waals surface area contributed by atoms with Crippen LogP contribution in [0.3, 0.4) is 0 Å². The molecule has 1 saturated heterocycles. The third kappa shape index (κ3) is 4.29. The van der Waals surface area contributed by atoms with Gasteiger partial charge in [-0.15, -0.1) is 0 Å². The molecule has 0 saturated carbocycles. The van der Waals surface area contributed by atoms with Crippen molar-refractivity contribution in [2.45, 2.75) is 12.8 Å². The molecule has 1 fully saturated rings. The van der Waals surface area contributed by atoms with Gasteiger partial charge in [0, 0.05) is 12.2 Å². The Morgan fingerprint density at radius 3 is 2.84 bits per heavy atom. The van der Waals surface area contributed by atoms with Gasteiger partial charge in [0.15, 0.2) is 0 Å². The zero-order valence-electron chi connectivity index (χ0n) is 10.9. The number of likely N-dealkylation sites (tertiary alicyclic amines) is 1. The summed E-state index contributed by atoms with van der Waals surface area (Å²) >= 11 is 0. The minimum atomic E-state index is -0.306. The minimum absolute atomic E-state index is 0.0655. The van der Waals surface area contributed by atoms with E-state index in [1.54, 1.807) is 12.1 Å². The lowest BCUT2D eigenvalue weighted by Crippen LogP contribution is -2.42. The number of carbonyl (C=O) groups is 1. The van der Waals surface area contributed by atoms with E-state index in [-0.39, 0.29) is 11.7 Å². The number of rotatable bonds is 4. The SMILES string of the molecule is NCC1CCCN(CC(=O)Nc2ccc(F)cc2)C1. The molecule has 104 valence electrons. The molecule has 1 unspecified atom stereocenters. The van der Waals surface area contributed by atoms with Crippen molar-refractivity contribution in [1.29, 1.82) is 0 Å². The summed E-state index contributed by atoms with van der Waals surface area (Å²) in [6.07, 6.45) is 2.23. The van der Waals surface area contributed by atoms with Crippen molar-refractivity contribution < 1.29 is 9.18 Å². The monoisotopic (exact) mass is 265 g/mol. The lowest BCUT2D eigenvalue weighted by molar-refractivity contribution is -0.117. The van der Waals surface area contributed by atoms with Crippen LogP contribution in [0.4, 0.5) is 10.1 Å². The molecule has 0 spiro atoms. The van der Waals surface area contributed by atoms with Crippen molar-refractivity contribution in [1.82, 2.24) is 4.90 Å². The average molecular weight is 265 g/mol. The molecule has 1 amide bonds. The molecule has 0 radical (unpaired) electrons. The fourth-order valence-corrected chi connectivity index (χ4v) is 2.42. The Kier molecular flexibility index (Phi) is 4.87. The van der Waals surface area contributed by atoms with Crippen molar-refractivity contribution >= 4 is 11.6 Å². The van der Waals surface area contributed by atoms with Crippen LogP contribution in [-0.2, 0) is 4.79 Å².